The zero-order valence-corrected chi connectivity index (χ0v) is 22.5. The number of carbonyl (C=O) groups excluding carboxylic acids is 1. The Balaban J connectivity index is 1.59. The van der Waals surface area contributed by atoms with Gasteiger partial charge in [-0.15, -0.1) is 5.10 Å². The van der Waals surface area contributed by atoms with Gasteiger partial charge >= 0.3 is 0 Å². The highest BCUT2D eigenvalue weighted by Crippen LogP contribution is 2.35. The lowest BCUT2D eigenvalue weighted by Crippen LogP contribution is -2.30. The van der Waals surface area contributed by atoms with Crippen molar-refractivity contribution in [2.45, 2.75) is 33.2 Å². The molecule has 4 rings (SSSR count). The molecular formula is C26H32N6O3S. The summed E-state index contributed by atoms with van der Waals surface area (Å²) in [5.74, 6) is 1.80. The molecule has 1 amide bonds. The summed E-state index contributed by atoms with van der Waals surface area (Å²) in [6, 6.07) is 13.5. The fourth-order valence-electron chi connectivity index (χ4n) is 3.66. The number of fused-ring (bicyclic) bond motifs is 1. The van der Waals surface area contributed by atoms with Gasteiger partial charge in [0.15, 0.2) is 5.82 Å². The number of imidazole rings is 1. The molecule has 36 heavy (non-hydrogen) atoms. The fraction of sp³-hybridized carbons (Fsp3) is 0.346. The van der Waals surface area contributed by atoms with E-state index in [-0.39, 0.29) is 18.0 Å². The molecule has 2 heterocycles. The molecule has 4 aromatic rings. The molecule has 2 aromatic heterocycles. The fourth-order valence-corrected chi connectivity index (χ4v) is 4.52. The van der Waals surface area contributed by atoms with Crippen molar-refractivity contribution in [2.75, 3.05) is 43.3 Å². The van der Waals surface area contributed by atoms with Gasteiger partial charge in [0, 0.05) is 24.2 Å². The number of aromatic nitrogens is 3. The van der Waals surface area contributed by atoms with Crippen LogP contribution in [-0.2, 0) is 4.79 Å². The lowest BCUT2D eigenvalue weighted by atomic mass is 10.1. The van der Waals surface area contributed by atoms with Crippen LogP contribution < -0.4 is 25.0 Å². The molecule has 0 aliphatic carbocycles. The number of nitrogens with one attached hydrogen (secondary N) is 2. The minimum absolute atomic E-state index is 0.101. The average molecular weight is 509 g/mol. The Labute approximate surface area is 215 Å². The van der Waals surface area contributed by atoms with Gasteiger partial charge in [0.1, 0.15) is 17.2 Å². The van der Waals surface area contributed by atoms with E-state index in [9.17, 15) is 4.79 Å². The zero-order chi connectivity index (χ0) is 26.0. The lowest BCUT2D eigenvalue weighted by molar-refractivity contribution is -0.114. The van der Waals surface area contributed by atoms with Gasteiger partial charge in [-0.3, -0.25) is 4.79 Å². The Morgan fingerprint density at radius 2 is 1.83 bits per heavy atom. The van der Waals surface area contributed by atoms with Gasteiger partial charge in [0.05, 0.1) is 26.5 Å². The average Bonchev–Trinajstić information content (AvgIpc) is 3.38. The summed E-state index contributed by atoms with van der Waals surface area (Å²) in [6.07, 6.45) is 0. The van der Waals surface area contributed by atoms with E-state index in [4.69, 9.17) is 19.6 Å². The van der Waals surface area contributed by atoms with E-state index in [1.54, 1.807) is 37.3 Å². The first-order chi connectivity index (χ1) is 17.1. The Morgan fingerprint density at radius 3 is 2.47 bits per heavy atom. The third kappa shape index (κ3) is 5.54. The molecule has 0 aliphatic heterocycles. The maximum atomic E-state index is 12.8. The van der Waals surface area contributed by atoms with Crippen molar-refractivity contribution in [1.29, 1.82) is 0 Å². The van der Waals surface area contributed by atoms with E-state index in [2.05, 4.69) is 62.6 Å². The topological polar surface area (TPSA) is 93.0 Å². The number of anilines is 3. The standard InChI is InChI=1S/C26H32N6O3S/c1-16-8-10-17(11-9-16)22-23(29-26(2,3)4)32-24(28-22)36-25(30-32)31(5)15-21(33)27-19-14-18(34-6)12-13-20(19)35-7/h8-14,29H,15H2,1-7H3,(H,27,33). The van der Waals surface area contributed by atoms with E-state index in [0.29, 0.717) is 22.3 Å². The summed E-state index contributed by atoms with van der Waals surface area (Å²) in [7, 11) is 4.97. The minimum Gasteiger partial charge on any atom is -0.497 e. The number of carbonyl (C=O) groups is 1. The molecule has 0 fully saturated rings. The first kappa shape index (κ1) is 25.3. The molecule has 0 unspecified atom stereocenters. The third-order valence-corrected chi connectivity index (χ3v) is 6.42. The molecule has 10 heteroatoms. The third-order valence-electron chi connectivity index (χ3n) is 5.40. The SMILES string of the molecule is COc1ccc(OC)c(NC(=O)CN(C)c2nn3c(NC(C)(C)C)c(-c4ccc(C)cc4)nc3s2)c1. The van der Waals surface area contributed by atoms with Crippen LogP contribution in [0, 0.1) is 6.92 Å². The van der Waals surface area contributed by atoms with Gasteiger partial charge in [0.25, 0.3) is 0 Å². The summed E-state index contributed by atoms with van der Waals surface area (Å²) in [5, 5.41) is 11.9. The highest BCUT2D eigenvalue weighted by molar-refractivity contribution is 7.20. The molecule has 190 valence electrons. The summed E-state index contributed by atoms with van der Waals surface area (Å²) >= 11 is 1.43. The number of aryl methyl sites for hydroxylation is 1. The molecule has 0 saturated heterocycles. The number of ether oxygens (including phenoxy) is 2. The smallest absolute Gasteiger partial charge is 0.244 e. The number of nitrogens with zero attached hydrogens (tertiary/aromatic N) is 4. The van der Waals surface area contributed by atoms with E-state index < -0.39 is 0 Å². The van der Waals surface area contributed by atoms with Crippen molar-refractivity contribution in [2.24, 2.45) is 0 Å². The Kier molecular flexibility index (Phi) is 7.07. The Hall–Kier alpha value is -3.79. The van der Waals surface area contributed by atoms with Crippen LogP contribution in [0.3, 0.4) is 0 Å². The second-order valence-electron chi connectivity index (χ2n) is 9.60. The van der Waals surface area contributed by atoms with Crippen molar-refractivity contribution < 1.29 is 14.3 Å². The van der Waals surface area contributed by atoms with E-state index in [1.807, 2.05) is 11.6 Å². The lowest BCUT2D eigenvalue weighted by Gasteiger charge is -2.22. The van der Waals surface area contributed by atoms with Crippen molar-refractivity contribution in [3.63, 3.8) is 0 Å². The minimum atomic E-state index is -0.203. The highest BCUT2D eigenvalue weighted by atomic mass is 32.1. The molecule has 2 aromatic carbocycles. The second-order valence-corrected chi connectivity index (χ2v) is 10.5. The van der Waals surface area contributed by atoms with Gasteiger partial charge < -0.3 is 25.0 Å². The van der Waals surface area contributed by atoms with Crippen molar-refractivity contribution in [1.82, 2.24) is 14.6 Å². The van der Waals surface area contributed by atoms with Gasteiger partial charge in [0.2, 0.25) is 16.0 Å². The van der Waals surface area contributed by atoms with E-state index in [0.717, 1.165) is 22.0 Å². The van der Waals surface area contributed by atoms with Crippen molar-refractivity contribution in [3.8, 4) is 22.8 Å². The number of benzene rings is 2. The number of rotatable bonds is 8. The summed E-state index contributed by atoms with van der Waals surface area (Å²) < 4.78 is 12.4. The van der Waals surface area contributed by atoms with E-state index >= 15 is 0 Å². The van der Waals surface area contributed by atoms with Crippen LogP contribution in [0.5, 0.6) is 11.5 Å². The highest BCUT2D eigenvalue weighted by Gasteiger charge is 2.23. The van der Waals surface area contributed by atoms with E-state index in [1.165, 1.54) is 16.9 Å². The molecule has 0 saturated carbocycles. The zero-order valence-electron chi connectivity index (χ0n) is 21.7. The van der Waals surface area contributed by atoms with Crippen molar-refractivity contribution >= 4 is 38.8 Å². The van der Waals surface area contributed by atoms with Crippen LogP contribution in [0.1, 0.15) is 26.3 Å². The molecule has 0 radical (unpaired) electrons. The molecule has 2 N–H and O–H groups in total. The summed E-state index contributed by atoms with van der Waals surface area (Å²) in [6.45, 7) is 8.46. The summed E-state index contributed by atoms with van der Waals surface area (Å²) in [4.78, 5) is 20.3. The van der Waals surface area contributed by atoms with Gasteiger partial charge in [-0.2, -0.15) is 4.52 Å². The summed E-state index contributed by atoms with van der Waals surface area (Å²) in [5.41, 5.74) is 3.41. The van der Waals surface area contributed by atoms with Crippen LogP contribution >= 0.6 is 11.3 Å². The quantitative estimate of drug-likeness (QED) is 0.343. The maximum Gasteiger partial charge on any atom is 0.244 e. The largest absolute Gasteiger partial charge is 0.497 e. The Bertz CT molecular complexity index is 1370. The Morgan fingerprint density at radius 1 is 1.11 bits per heavy atom. The second kappa shape index (κ2) is 10.1. The predicted octanol–water partition coefficient (Wildman–Crippen LogP) is 5.07. The molecule has 0 spiro atoms. The molecule has 0 atom stereocenters. The number of hydrogen-bond acceptors (Lipinski definition) is 8. The number of likely N-dealkylation sites (N-methyl/N-ethyl adjacent to an activating group) is 1. The van der Waals surface area contributed by atoms with Crippen LogP contribution in [0.4, 0.5) is 16.6 Å². The van der Waals surface area contributed by atoms with Gasteiger partial charge in [-0.25, -0.2) is 4.98 Å². The van der Waals surface area contributed by atoms with Crippen LogP contribution in [0.2, 0.25) is 0 Å². The number of methoxy groups -OCH3 is 2. The molecule has 9 nitrogen and oxygen atoms in total. The van der Waals surface area contributed by atoms with Crippen LogP contribution in [-0.4, -0.2) is 53.9 Å². The van der Waals surface area contributed by atoms with Crippen LogP contribution in [0.15, 0.2) is 42.5 Å². The molecule has 0 bridgehead atoms. The first-order valence-corrected chi connectivity index (χ1v) is 12.4. The molecular weight excluding hydrogens is 476 g/mol. The van der Waals surface area contributed by atoms with Crippen LogP contribution in [0.25, 0.3) is 16.2 Å². The predicted molar refractivity (Wildman–Crippen MR) is 146 cm³/mol. The number of amides is 1. The van der Waals surface area contributed by atoms with Gasteiger partial charge in [-0.05, 0) is 39.8 Å². The van der Waals surface area contributed by atoms with Crippen molar-refractivity contribution in [3.05, 3.63) is 48.0 Å². The monoisotopic (exact) mass is 508 g/mol. The first-order valence-electron chi connectivity index (χ1n) is 11.6. The maximum absolute atomic E-state index is 12.8. The van der Waals surface area contributed by atoms with Gasteiger partial charge in [-0.1, -0.05) is 41.2 Å². The molecule has 0 aliphatic rings. The normalized spacial score (nSPS) is 11.4. The number of hydrogen-bond donors (Lipinski definition) is 2.